The van der Waals surface area contributed by atoms with Crippen LogP contribution in [0.3, 0.4) is 0 Å². The maximum absolute atomic E-state index is 13.8. The van der Waals surface area contributed by atoms with Crippen LogP contribution in [0.5, 0.6) is 5.75 Å². The van der Waals surface area contributed by atoms with E-state index < -0.39 is 28.0 Å². The van der Waals surface area contributed by atoms with Gasteiger partial charge in [-0.3, -0.25) is 4.79 Å². The van der Waals surface area contributed by atoms with Gasteiger partial charge >= 0.3 is 0 Å². The number of nitrogens with two attached hydrogens (primary N) is 1. The molecule has 9 nitrogen and oxygen atoms in total. The molecule has 0 unspecified atom stereocenters. The number of halogens is 1. The first-order valence-corrected chi connectivity index (χ1v) is 14.7. The van der Waals surface area contributed by atoms with Gasteiger partial charge in [0.05, 0.1) is 35.3 Å². The van der Waals surface area contributed by atoms with Gasteiger partial charge in [0.25, 0.3) is 5.91 Å². The standard InChI is InChI=1S/C28H40FN3O6S/c1-19-16-32(20(2)18-33)28(34)25-15-23(30)10-13-26(25)38-21(3)7-5-6-14-37-27(19)17-31(4)39(35,36)24-11-8-22(29)9-12-24/h8-13,15,19-21,27,33H,5-7,14,16-18,30H2,1-4H3/t19-,20+,21+,27+/m1/s1. The van der Waals surface area contributed by atoms with Crippen molar-refractivity contribution >= 4 is 21.6 Å². The minimum absolute atomic E-state index is 0.0196. The summed E-state index contributed by atoms with van der Waals surface area (Å²) < 4.78 is 53.3. The SMILES string of the molecule is C[C@@H]1CN([C@@H](C)CO)C(=O)c2cc(N)ccc2O[C@@H](C)CCCCO[C@H]1CN(C)S(=O)(=O)c1ccc(F)cc1. The second kappa shape index (κ2) is 13.6. The van der Waals surface area contributed by atoms with Crippen LogP contribution < -0.4 is 10.5 Å². The predicted molar refractivity (Wildman–Crippen MR) is 147 cm³/mol. The molecule has 0 radical (unpaired) electrons. The number of hydrogen-bond acceptors (Lipinski definition) is 7. The van der Waals surface area contributed by atoms with Gasteiger partial charge in [0.1, 0.15) is 11.6 Å². The molecule has 1 heterocycles. The van der Waals surface area contributed by atoms with E-state index in [9.17, 15) is 22.7 Å². The highest BCUT2D eigenvalue weighted by Gasteiger charge is 2.32. The van der Waals surface area contributed by atoms with Crippen LogP contribution in [-0.4, -0.2) is 80.2 Å². The van der Waals surface area contributed by atoms with Gasteiger partial charge in [-0.1, -0.05) is 6.92 Å². The van der Waals surface area contributed by atoms with Crippen LogP contribution in [0.25, 0.3) is 0 Å². The lowest BCUT2D eigenvalue weighted by molar-refractivity contribution is -0.00833. The molecule has 1 aliphatic rings. The summed E-state index contributed by atoms with van der Waals surface area (Å²) in [5.74, 6) is -0.744. The van der Waals surface area contributed by atoms with Crippen molar-refractivity contribution < 1.29 is 32.2 Å². The quantitative estimate of drug-likeness (QED) is 0.514. The number of sulfonamides is 1. The van der Waals surface area contributed by atoms with Crippen molar-refractivity contribution in [1.29, 1.82) is 0 Å². The Balaban J connectivity index is 1.92. The van der Waals surface area contributed by atoms with E-state index >= 15 is 0 Å². The Morgan fingerprint density at radius 3 is 2.54 bits per heavy atom. The Morgan fingerprint density at radius 1 is 1.18 bits per heavy atom. The fourth-order valence-corrected chi connectivity index (χ4v) is 5.72. The van der Waals surface area contributed by atoms with E-state index in [0.717, 1.165) is 31.4 Å². The van der Waals surface area contributed by atoms with Crippen LogP contribution in [0.2, 0.25) is 0 Å². The first-order chi connectivity index (χ1) is 18.4. The molecule has 4 atom stereocenters. The number of hydrogen-bond donors (Lipinski definition) is 2. The second-order valence-electron chi connectivity index (χ2n) is 10.3. The summed E-state index contributed by atoms with van der Waals surface area (Å²) in [6.45, 7) is 5.92. The molecule has 0 saturated heterocycles. The zero-order valence-electron chi connectivity index (χ0n) is 23.0. The molecule has 3 N–H and O–H groups in total. The molecule has 0 spiro atoms. The summed E-state index contributed by atoms with van der Waals surface area (Å²) in [6.07, 6.45) is 1.59. The van der Waals surface area contributed by atoms with Gasteiger partial charge in [-0.05, 0) is 75.6 Å². The average molecular weight is 566 g/mol. The van der Waals surface area contributed by atoms with E-state index in [1.807, 2.05) is 13.8 Å². The molecule has 0 aliphatic carbocycles. The highest BCUT2D eigenvalue weighted by Crippen LogP contribution is 2.28. The minimum Gasteiger partial charge on any atom is -0.490 e. The number of amides is 1. The van der Waals surface area contributed by atoms with Crippen molar-refractivity contribution in [3.8, 4) is 5.75 Å². The Hall–Kier alpha value is -2.73. The molecule has 2 aromatic carbocycles. The summed E-state index contributed by atoms with van der Waals surface area (Å²) in [4.78, 5) is 15.3. The van der Waals surface area contributed by atoms with Gasteiger partial charge in [0, 0.05) is 38.3 Å². The van der Waals surface area contributed by atoms with Crippen LogP contribution >= 0.6 is 0 Å². The van der Waals surface area contributed by atoms with Crippen LogP contribution in [0.4, 0.5) is 10.1 Å². The third-order valence-corrected chi connectivity index (χ3v) is 8.87. The van der Waals surface area contributed by atoms with Crippen molar-refractivity contribution in [3.05, 3.63) is 53.8 Å². The van der Waals surface area contributed by atoms with E-state index in [2.05, 4.69) is 0 Å². The summed E-state index contributed by atoms with van der Waals surface area (Å²) >= 11 is 0. The highest BCUT2D eigenvalue weighted by atomic mass is 32.2. The van der Waals surface area contributed by atoms with Crippen molar-refractivity contribution in [1.82, 2.24) is 9.21 Å². The monoisotopic (exact) mass is 565 g/mol. The summed E-state index contributed by atoms with van der Waals surface area (Å²) in [5, 5.41) is 9.97. The maximum Gasteiger partial charge on any atom is 0.258 e. The number of carbonyl (C=O) groups is 1. The molecule has 0 bridgehead atoms. The number of nitrogens with zero attached hydrogens (tertiary/aromatic N) is 2. The van der Waals surface area contributed by atoms with Gasteiger partial charge < -0.3 is 25.2 Å². The van der Waals surface area contributed by atoms with E-state index in [4.69, 9.17) is 15.2 Å². The Bertz CT molecular complexity index is 1210. The van der Waals surface area contributed by atoms with Gasteiger partial charge in [0.2, 0.25) is 10.0 Å². The number of aliphatic hydroxyl groups excluding tert-OH is 1. The molecule has 39 heavy (non-hydrogen) atoms. The Kier molecular flexibility index (Phi) is 10.7. The first kappa shape index (κ1) is 30.8. The van der Waals surface area contributed by atoms with E-state index in [0.29, 0.717) is 23.6 Å². The highest BCUT2D eigenvalue weighted by molar-refractivity contribution is 7.89. The number of nitrogen functional groups attached to an aromatic ring is 1. The third-order valence-electron chi connectivity index (χ3n) is 7.03. The normalized spacial score (nSPS) is 22.6. The molecule has 11 heteroatoms. The number of ether oxygens (including phenoxy) is 2. The molecule has 1 amide bonds. The zero-order chi connectivity index (χ0) is 28.7. The predicted octanol–water partition coefficient (Wildman–Crippen LogP) is 3.52. The molecule has 0 fully saturated rings. The molecule has 0 saturated carbocycles. The van der Waals surface area contributed by atoms with Crippen LogP contribution in [0, 0.1) is 11.7 Å². The second-order valence-corrected chi connectivity index (χ2v) is 12.3. The molecule has 0 aromatic heterocycles. The number of fused-ring (bicyclic) bond motifs is 1. The van der Waals surface area contributed by atoms with Crippen molar-refractivity contribution in [2.24, 2.45) is 5.92 Å². The maximum atomic E-state index is 13.8. The fourth-order valence-electron chi connectivity index (χ4n) is 4.54. The van der Waals surface area contributed by atoms with Crippen molar-refractivity contribution in [2.75, 3.05) is 39.1 Å². The zero-order valence-corrected chi connectivity index (χ0v) is 23.9. The van der Waals surface area contributed by atoms with Gasteiger partial charge in [-0.15, -0.1) is 0 Å². The van der Waals surface area contributed by atoms with Crippen LogP contribution in [0.1, 0.15) is 50.4 Å². The van der Waals surface area contributed by atoms with E-state index in [1.165, 1.54) is 23.5 Å². The molecular formula is C28H40FN3O6S. The summed E-state index contributed by atoms with van der Waals surface area (Å²) in [6, 6.07) is 9.11. The topological polar surface area (TPSA) is 122 Å². The summed E-state index contributed by atoms with van der Waals surface area (Å²) in [7, 11) is -2.45. The van der Waals surface area contributed by atoms with Gasteiger partial charge in [0.15, 0.2) is 0 Å². The van der Waals surface area contributed by atoms with Crippen molar-refractivity contribution in [2.45, 2.75) is 63.2 Å². The number of likely N-dealkylation sites (N-methyl/N-ethyl adjacent to an activating group) is 1. The van der Waals surface area contributed by atoms with Gasteiger partial charge in [-0.25, -0.2) is 12.8 Å². The van der Waals surface area contributed by atoms with Crippen molar-refractivity contribution in [3.63, 3.8) is 0 Å². The van der Waals surface area contributed by atoms with Crippen LogP contribution in [-0.2, 0) is 14.8 Å². The lowest BCUT2D eigenvalue weighted by Gasteiger charge is -2.35. The van der Waals surface area contributed by atoms with E-state index in [1.54, 1.807) is 30.0 Å². The van der Waals surface area contributed by atoms with Crippen LogP contribution in [0.15, 0.2) is 47.4 Å². The number of benzene rings is 2. The number of rotatable bonds is 6. The molecule has 1 aliphatic heterocycles. The largest absolute Gasteiger partial charge is 0.490 e. The summed E-state index contributed by atoms with van der Waals surface area (Å²) in [5.41, 5.74) is 6.74. The minimum atomic E-state index is -3.90. The third kappa shape index (κ3) is 7.91. The molecule has 2 aromatic rings. The Labute approximate surface area is 230 Å². The Morgan fingerprint density at radius 2 is 1.87 bits per heavy atom. The first-order valence-electron chi connectivity index (χ1n) is 13.3. The lowest BCUT2D eigenvalue weighted by Crippen LogP contribution is -2.48. The number of aliphatic hydroxyl groups is 1. The average Bonchev–Trinajstić information content (AvgIpc) is 2.90. The fraction of sp³-hybridized carbons (Fsp3) is 0.536. The molecule has 3 rings (SSSR count). The van der Waals surface area contributed by atoms with E-state index in [-0.39, 0.29) is 42.5 Å². The molecular weight excluding hydrogens is 525 g/mol. The number of anilines is 1. The lowest BCUT2D eigenvalue weighted by atomic mass is 10.0. The van der Waals surface area contributed by atoms with Gasteiger partial charge in [-0.2, -0.15) is 4.31 Å². The smallest absolute Gasteiger partial charge is 0.258 e. The number of carbonyl (C=O) groups excluding carboxylic acids is 1. The molecule has 216 valence electrons.